The predicted molar refractivity (Wildman–Crippen MR) is 158 cm³/mol. The van der Waals surface area contributed by atoms with Crippen molar-refractivity contribution in [2.24, 2.45) is 0 Å². The molecule has 1 aliphatic rings. The number of hydrogen-bond acceptors (Lipinski definition) is 7. The van der Waals surface area contributed by atoms with Crippen LogP contribution in [0.2, 0.25) is 0 Å². The SMILES string of the molecule is CCN(CC)c1cc(N(C)C)ccc1C1(c2ccc(N(C)C)cc2N(CC)CC)OC(=O)c2cnccc21. The molecule has 0 bridgehead atoms. The van der Waals surface area contributed by atoms with E-state index in [0.717, 1.165) is 65.6 Å². The number of aromatic nitrogens is 1. The van der Waals surface area contributed by atoms with Gasteiger partial charge in [0.05, 0.1) is 5.56 Å². The van der Waals surface area contributed by atoms with Gasteiger partial charge < -0.3 is 24.3 Å². The number of hydrogen-bond donors (Lipinski definition) is 0. The molecule has 0 radical (unpaired) electrons. The smallest absolute Gasteiger partial charge is 0.341 e. The van der Waals surface area contributed by atoms with E-state index in [4.69, 9.17) is 4.74 Å². The lowest BCUT2D eigenvalue weighted by Crippen LogP contribution is -2.36. The quantitative estimate of drug-likeness (QED) is 0.337. The second-order valence-electron chi connectivity index (χ2n) is 10.0. The molecule has 2 aromatic carbocycles. The van der Waals surface area contributed by atoms with Crippen molar-refractivity contribution in [2.45, 2.75) is 33.3 Å². The molecular formula is C31H41N5O2. The molecule has 0 fully saturated rings. The molecule has 0 saturated carbocycles. The highest BCUT2D eigenvalue weighted by Gasteiger charge is 2.51. The highest BCUT2D eigenvalue weighted by molar-refractivity contribution is 5.97. The van der Waals surface area contributed by atoms with E-state index < -0.39 is 5.60 Å². The van der Waals surface area contributed by atoms with Crippen LogP contribution in [0.1, 0.15) is 54.7 Å². The number of ether oxygens (including phenoxy) is 1. The fourth-order valence-electron chi connectivity index (χ4n) is 5.50. The minimum absolute atomic E-state index is 0.350. The van der Waals surface area contributed by atoms with Gasteiger partial charge in [-0.05, 0) is 58.0 Å². The monoisotopic (exact) mass is 515 g/mol. The Labute approximate surface area is 227 Å². The number of nitrogens with zero attached hydrogens (tertiary/aromatic N) is 5. The van der Waals surface area contributed by atoms with Crippen LogP contribution in [0.3, 0.4) is 0 Å². The Morgan fingerprint density at radius 3 is 1.61 bits per heavy atom. The van der Waals surface area contributed by atoms with Crippen LogP contribution in [0.25, 0.3) is 0 Å². The first kappa shape index (κ1) is 27.3. The van der Waals surface area contributed by atoms with E-state index in [1.54, 1.807) is 12.4 Å². The van der Waals surface area contributed by atoms with Gasteiger partial charge in [0.15, 0.2) is 5.60 Å². The second-order valence-corrected chi connectivity index (χ2v) is 10.0. The fourth-order valence-corrected chi connectivity index (χ4v) is 5.50. The van der Waals surface area contributed by atoms with Crippen LogP contribution in [0.5, 0.6) is 0 Å². The van der Waals surface area contributed by atoms with Crippen LogP contribution in [-0.2, 0) is 10.3 Å². The van der Waals surface area contributed by atoms with Gasteiger partial charge in [0.2, 0.25) is 0 Å². The molecule has 0 spiro atoms. The van der Waals surface area contributed by atoms with Crippen LogP contribution in [0, 0.1) is 0 Å². The summed E-state index contributed by atoms with van der Waals surface area (Å²) >= 11 is 0. The number of anilines is 4. The van der Waals surface area contributed by atoms with Crippen LogP contribution in [-0.4, -0.2) is 65.3 Å². The summed E-state index contributed by atoms with van der Waals surface area (Å²) in [5.41, 5.74) is 6.43. The molecule has 0 saturated heterocycles. The number of esters is 1. The van der Waals surface area contributed by atoms with E-state index in [1.165, 1.54) is 0 Å². The minimum Gasteiger partial charge on any atom is -0.440 e. The van der Waals surface area contributed by atoms with Crippen LogP contribution in [0.15, 0.2) is 54.9 Å². The van der Waals surface area contributed by atoms with E-state index in [9.17, 15) is 4.79 Å². The van der Waals surface area contributed by atoms with Gasteiger partial charge in [-0.2, -0.15) is 0 Å². The number of cyclic esters (lactones) is 1. The zero-order valence-electron chi connectivity index (χ0n) is 24.1. The largest absolute Gasteiger partial charge is 0.440 e. The average Bonchev–Trinajstić information content (AvgIpc) is 3.23. The van der Waals surface area contributed by atoms with Gasteiger partial charge in [0.25, 0.3) is 0 Å². The van der Waals surface area contributed by atoms with Crippen LogP contribution in [0.4, 0.5) is 22.7 Å². The van der Waals surface area contributed by atoms with Crippen LogP contribution >= 0.6 is 0 Å². The van der Waals surface area contributed by atoms with Crippen molar-refractivity contribution >= 4 is 28.7 Å². The lowest BCUT2D eigenvalue weighted by molar-refractivity contribution is 0.0254. The third kappa shape index (κ3) is 4.44. The van der Waals surface area contributed by atoms with Gasteiger partial charge in [-0.3, -0.25) is 4.98 Å². The normalized spacial score (nSPS) is 13.6. The lowest BCUT2D eigenvalue weighted by Gasteiger charge is -2.38. The van der Waals surface area contributed by atoms with E-state index in [1.807, 2.05) is 34.3 Å². The number of pyridine rings is 1. The molecule has 0 N–H and O–H groups in total. The first-order valence-corrected chi connectivity index (χ1v) is 13.5. The summed E-state index contributed by atoms with van der Waals surface area (Å²) in [5, 5.41) is 0. The van der Waals surface area contributed by atoms with Gasteiger partial charge in [-0.15, -0.1) is 0 Å². The summed E-state index contributed by atoms with van der Waals surface area (Å²) < 4.78 is 6.59. The van der Waals surface area contributed by atoms with Gasteiger partial charge in [-0.1, -0.05) is 12.1 Å². The van der Waals surface area contributed by atoms with E-state index in [2.05, 4.69) is 88.7 Å². The molecule has 1 aromatic heterocycles. The maximum absolute atomic E-state index is 13.5. The second kappa shape index (κ2) is 10.9. The Kier molecular flexibility index (Phi) is 7.86. The molecule has 7 nitrogen and oxygen atoms in total. The van der Waals surface area contributed by atoms with Crippen molar-refractivity contribution in [2.75, 3.05) is 74.0 Å². The Morgan fingerprint density at radius 2 is 1.18 bits per heavy atom. The van der Waals surface area contributed by atoms with E-state index >= 15 is 0 Å². The minimum atomic E-state index is -1.12. The fraction of sp³-hybridized carbons (Fsp3) is 0.419. The molecule has 4 rings (SSSR count). The number of benzene rings is 2. The molecule has 0 amide bonds. The summed E-state index contributed by atoms with van der Waals surface area (Å²) in [6.07, 6.45) is 3.39. The first-order chi connectivity index (χ1) is 18.2. The molecule has 0 unspecified atom stereocenters. The third-order valence-corrected chi connectivity index (χ3v) is 7.63. The summed E-state index contributed by atoms with van der Waals surface area (Å²) in [5.74, 6) is -0.350. The van der Waals surface area contributed by atoms with Gasteiger partial charge in [0.1, 0.15) is 0 Å². The highest BCUT2D eigenvalue weighted by atomic mass is 16.6. The van der Waals surface area contributed by atoms with Crippen molar-refractivity contribution in [1.29, 1.82) is 0 Å². The molecule has 202 valence electrons. The maximum Gasteiger partial charge on any atom is 0.341 e. The molecule has 38 heavy (non-hydrogen) atoms. The number of rotatable bonds is 10. The summed E-state index contributed by atoms with van der Waals surface area (Å²) in [7, 11) is 8.19. The Bertz CT molecular complexity index is 1230. The number of carbonyl (C=O) groups excluding carboxylic acids is 1. The molecule has 1 aliphatic heterocycles. The Balaban J connectivity index is 2.16. The van der Waals surface area contributed by atoms with Gasteiger partial charge in [0, 0.05) is 106 Å². The first-order valence-electron chi connectivity index (χ1n) is 13.5. The van der Waals surface area contributed by atoms with Gasteiger partial charge in [-0.25, -0.2) is 4.79 Å². The molecule has 7 heteroatoms. The summed E-state index contributed by atoms with van der Waals surface area (Å²) in [6, 6.07) is 14.9. The zero-order chi connectivity index (χ0) is 27.6. The predicted octanol–water partition coefficient (Wildman–Crippen LogP) is 5.37. The Morgan fingerprint density at radius 1 is 0.711 bits per heavy atom. The number of fused-ring (bicyclic) bond motifs is 1. The lowest BCUT2D eigenvalue weighted by atomic mass is 9.78. The molecule has 0 aliphatic carbocycles. The highest BCUT2D eigenvalue weighted by Crippen LogP contribution is 2.53. The van der Waals surface area contributed by atoms with E-state index in [0.29, 0.717) is 5.56 Å². The Hall–Kier alpha value is -3.74. The van der Waals surface area contributed by atoms with Gasteiger partial charge >= 0.3 is 5.97 Å². The molecule has 2 heterocycles. The zero-order valence-corrected chi connectivity index (χ0v) is 24.1. The molecular weight excluding hydrogens is 474 g/mol. The third-order valence-electron chi connectivity index (χ3n) is 7.63. The van der Waals surface area contributed by atoms with Crippen molar-refractivity contribution in [3.05, 3.63) is 77.1 Å². The maximum atomic E-state index is 13.5. The van der Waals surface area contributed by atoms with Crippen molar-refractivity contribution < 1.29 is 9.53 Å². The van der Waals surface area contributed by atoms with Crippen molar-refractivity contribution in [1.82, 2.24) is 4.98 Å². The summed E-state index contributed by atoms with van der Waals surface area (Å²) in [4.78, 5) is 26.7. The standard InChI is InChI=1S/C31H41N5O2/c1-9-35(10-2)28-19-22(33(5)6)13-15-26(28)31(25-17-18-32-21-24(25)30(37)38-31)27-16-14-23(34(7)8)20-29(27)36(11-3)12-4/h13-21H,9-12H2,1-8H3. The average molecular weight is 516 g/mol. The summed E-state index contributed by atoms with van der Waals surface area (Å²) in [6.45, 7) is 12.0. The topological polar surface area (TPSA) is 52.2 Å². The molecule has 3 aromatic rings. The van der Waals surface area contributed by atoms with Crippen LogP contribution < -0.4 is 19.6 Å². The number of carbonyl (C=O) groups is 1. The van der Waals surface area contributed by atoms with Crippen molar-refractivity contribution in [3.63, 3.8) is 0 Å². The molecule has 0 atom stereocenters. The van der Waals surface area contributed by atoms with Crippen molar-refractivity contribution in [3.8, 4) is 0 Å². The van der Waals surface area contributed by atoms with E-state index in [-0.39, 0.29) is 5.97 Å².